The van der Waals surface area contributed by atoms with Crippen molar-refractivity contribution in [1.29, 1.82) is 0 Å². The number of nitrogens with zero attached hydrogens (tertiary/aromatic N) is 7. The number of hydrogen-bond acceptors (Lipinski definition) is 10. The Morgan fingerprint density at radius 1 is 0.217 bits per heavy atom. The summed E-state index contributed by atoms with van der Waals surface area (Å²) in [5.74, 6) is 1.70. The van der Waals surface area contributed by atoms with Crippen LogP contribution in [0.5, 0.6) is 11.5 Å². The molecule has 0 spiro atoms. The summed E-state index contributed by atoms with van der Waals surface area (Å²) in [5, 5.41) is 11.0. The molecule has 0 aliphatic heterocycles. The lowest BCUT2D eigenvalue weighted by atomic mass is 10.0. The fourth-order valence-electron chi connectivity index (χ4n) is 12.8. The van der Waals surface area contributed by atoms with Gasteiger partial charge in [0.1, 0.15) is 11.5 Å². The van der Waals surface area contributed by atoms with Crippen molar-refractivity contribution in [2.75, 3.05) is 64.8 Å². The maximum atomic E-state index is 11.0. The Kier molecular flexibility index (Phi) is 22.7. The van der Waals surface area contributed by atoms with E-state index in [1.165, 1.54) is 39.9 Å². The molecular weight excluding hydrogens is 1300 g/mol. The Balaban J connectivity index is 0.000000141. The number of para-hydroxylation sites is 3. The fourth-order valence-corrected chi connectivity index (χ4v) is 12.8. The Hall–Kier alpha value is -13.9. The van der Waals surface area contributed by atoms with Crippen molar-refractivity contribution in [3.8, 4) is 44.9 Å². The number of anilines is 15. The highest BCUT2D eigenvalue weighted by atomic mass is 16.6. The molecule has 15 aromatic rings. The lowest BCUT2D eigenvalue weighted by Crippen LogP contribution is -2.12. The van der Waals surface area contributed by atoms with E-state index >= 15 is 0 Å². The number of nitro groups is 1. The predicted octanol–water partition coefficient (Wildman–Crippen LogP) is 25.7. The highest BCUT2D eigenvalue weighted by Crippen LogP contribution is 2.42. The van der Waals surface area contributed by atoms with Crippen LogP contribution in [-0.2, 0) is 0 Å². The summed E-state index contributed by atoms with van der Waals surface area (Å²) in [7, 11) is 9.48. The number of ether oxygens (including phenoxy) is 2. The number of hydrogen-bond donors (Lipinski definition) is 0. The summed E-state index contributed by atoms with van der Waals surface area (Å²) in [5.41, 5.74) is 23.3. The number of methoxy groups -OCH3 is 2. The first kappa shape index (κ1) is 70.5. The van der Waals surface area contributed by atoms with Crippen LogP contribution in [0.15, 0.2) is 400 Å². The van der Waals surface area contributed by atoms with E-state index < -0.39 is 0 Å². The fraction of sp³-hybridized carbons (Fsp3) is 0.0526. The highest BCUT2D eigenvalue weighted by Gasteiger charge is 2.19. The summed E-state index contributed by atoms with van der Waals surface area (Å²) in [6.45, 7) is 0. The van der Waals surface area contributed by atoms with Gasteiger partial charge in [-0.3, -0.25) is 10.1 Å². The Bertz CT molecular complexity index is 5260. The van der Waals surface area contributed by atoms with Crippen molar-refractivity contribution in [3.05, 3.63) is 410 Å². The van der Waals surface area contributed by atoms with Crippen LogP contribution in [0.4, 0.5) is 91.0 Å². The normalized spacial score (nSPS) is 10.6. The maximum absolute atomic E-state index is 11.0. The third-order valence-corrected chi connectivity index (χ3v) is 18.5. The smallest absolute Gasteiger partial charge is 0.269 e. The quantitative estimate of drug-likeness (QED) is 0.0513. The highest BCUT2D eigenvalue weighted by molar-refractivity contribution is 5.85. The third kappa shape index (κ3) is 17.2. The molecule has 0 saturated heterocycles. The van der Waals surface area contributed by atoms with E-state index in [2.05, 4.69) is 342 Å². The molecule has 0 radical (unpaired) electrons. The largest absolute Gasteiger partial charge is 0.497 e. The van der Waals surface area contributed by atoms with Gasteiger partial charge in [0.05, 0.1) is 19.1 Å². The number of non-ortho nitro benzene ring substituents is 1. The van der Waals surface area contributed by atoms with Crippen molar-refractivity contribution < 1.29 is 14.4 Å². The van der Waals surface area contributed by atoms with Crippen LogP contribution in [0, 0.1) is 10.1 Å². The van der Waals surface area contributed by atoms with E-state index in [0.717, 1.165) is 102 Å². The van der Waals surface area contributed by atoms with Gasteiger partial charge in [-0.1, -0.05) is 188 Å². The lowest BCUT2D eigenvalue weighted by molar-refractivity contribution is -0.384. The van der Waals surface area contributed by atoms with E-state index in [1.807, 2.05) is 84.7 Å². The molecule has 0 aliphatic rings. The molecule has 106 heavy (non-hydrogen) atoms. The molecule has 520 valence electrons. The molecule has 0 heterocycles. The first-order valence-electron chi connectivity index (χ1n) is 35.1. The zero-order valence-electron chi connectivity index (χ0n) is 59.9. The van der Waals surface area contributed by atoms with E-state index in [9.17, 15) is 10.1 Å². The SMILES string of the molecule is CN(c1ccc(N(c2ccccc2)c2cccc(-c3ccccc3)c2)cc1)c1ccc([N+](=O)[O-])cc1.COc1ccc(N(C)c2ccc(N(c3ccccc3)c3cccc(-c4ccccc4)c3)cc2)cc1.COc1cccc(N(C)c2ccc(N(c3ccccc3)c3cccc(-c4ccccc4)c3)cc2)c1. The molecule has 0 unspecified atom stereocenters. The van der Waals surface area contributed by atoms with Crippen molar-refractivity contribution >= 4 is 91.0 Å². The van der Waals surface area contributed by atoms with Gasteiger partial charge in [0.2, 0.25) is 0 Å². The van der Waals surface area contributed by atoms with E-state index in [1.54, 1.807) is 26.4 Å². The third-order valence-electron chi connectivity index (χ3n) is 18.5. The molecule has 0 atom stereocenters. The summed E-state index contributed by atoms with van der Waals surface area (Å²) >= 11 is 0. The topological polar surface area (TPSA) is 81.0 Å². The first-order chi connectivity index (χ1) is 52.0. The second kappa shape index (κ2) is 34.2. The van der Waals surface area contributed by atoms with Crippen molar-refractivity contribution in [3.63, 3.8) is 0 Å². The van der Waals surface area contributed by atoms with Gasteiger partial charge in [0, 0.05) is 125 Å². The number of rotatable bonds is 21. The number of benzene rings is 15. The molecule has 15 rings (SSSR count). The first-order valence-corrected chi connectivity index (χ1v) is 35.1. The predicted molar refractivity (Wildman–Crippen MR) is 443 cm³/mol. The van der Waals surface area contributed by atoms with Gasteiger partial charge in [0.25, 0.3) is 5.69 Å². The van der Waals surface area contributed by atoms with E-state index in [-0.39, 0.29) is 10.6 Å². The summed E-state index contributed by atoms with van der Waals surface area (Å²) in [4.78, 5) is 23.8. The Morgan fingerprint density at radius 2 is 0.443 bits per heavy atom. The van der Waals surface area contributed by atoms with Crippen molar-refractivity contribution in [1.82, 2.24) is 0 Å². The van der Waals surface area contributed by atoms with Crippen LogP contribution in [0.2, 0.25) is 0 Å². The van der Waals surface area contributed by atoms with Crippen LogP contribution in [0.1, 0.15) is 0 Å². The minimum Gasteiger partial charge on any atom is -0.497 e. The van der Waals surface area contributed by atoms with Crippen LogP contribution < -0.4 is 38.9 Å². The monoisotopic (exact) mass is 1380 g/mol. The average Bonchev–Trinajstić information content (AvgIpc) is 0.805. The molecule has 0 aromatic heterocycles. The van der Waals surface area contributed by atoms with E-state index in [0.29, 0.717) is 0 Å². The molecule has 0 bridgehead atoms. The Labute approximate surface area is 622 Å². The Morgan fingerprint density at radius 3 is 0.745 bits per heavy atom. The molecule has 11 heteroatoms. The molecule has 0 aliphatic carbocycles. The van der Waals surface area contributed by atoms with Gasteiger partial charge < -0.3 is 38.9 Å². The molecular formula is C95H81N7O4. The van der Waals surface area contributed by atoms with Gasteiger partial charge in [-0.25, -0.2) is 0 Å². The maximum Gasteiger partial charge on any atom is 0.269 e. The molecule has 0 amide bonds. The van der Waals surface area contributed by atoms with Crippen LogP contribution in [-0.4, -0.2) is 40.3 Å². The minimum absolute atomic E-state index is 0.0822. The zero-order chi connectivity index (χ0) is 73.0. The van der Waals surface area contributed by atoms with Crippen LogP contribution in [0.25, 0.3) is 33.4 Å². The summed E-state index contributed by atoms with van der Waals surface area (Å²) in [6.07, 6.45) is 0. The summed E-state index contributed by atoms with van der Waals surface area (Å²) < 4.78 is 10.7. The second-order valence-corrected chi connectivity index (χ2v) is 25.2. The van der Waals surface area contributed by atoms with Crippen LogP contribution in [0.3, 0.4) is 0 Å². The van der Waals surface area contributed by atoms with Gasteiger partial charge in [-0.2, -0.15) is 0 Å². The number of nitro benzene ring substituents is 1. The van der Waals surface area contributed by atoms with Crippen molar-refractivity contribution in [2.45, 2.75) is 0 Å². The van der Waals surface area contributed by atoms with Gasteiger partial charge in [-0.15, -0.1) is 0 Å². The summed E-state index contributed by atoms with van der Waals surface area (Å²) in [6, 6.07) is 137. The minimum atomic E-state index is -0.385. The van der Waals surface area contributed by atoms with Gasteiger partial charge in [0.15, 0.2) is 0 Å². The van der Waals surface area contributed by atoms with Gasteiger partial charge >= 0.3 is 0 Å². The van der Waals surface area contributed by atoms with Crippen LogP contribution >= 0.6 is 0 Å². The van der Waals surface area contributed by atoms with Crippen molar-refractivity contribution in [2.24, 2.45) is 0 Å². The average molecular weight is 1380 g/mol. The molecule has 0 fully saturated rings. The second-order valence-electron chi connectivity index (χ2n) is 25.2. The molecule has 11 nitrogen and oxygen atoms in total. The zero-order valence-corrected chi connectivity index (χ0v) is 59.9. The standard InChI is InChI=1S/2C32H28N2O.C31H25N3O2/c1-33(30-16-10-18-32(24-30)35-2)27-19-21-29(22-20-27)34(28-14-7-4-8-15-28)31-17-9-13-26(23-31)25-11-5-3-6-12-25;1-33(28-20-22-32(35-2)23-21-28)27-16-18-30(19-17-27)34(29-13-7-4-8-14-29)31-15-9-12-26(24-31)25-10-5-3-6-11-25;1-32(27-17-21-30(22-18-27)34(35)36)26-15-19-29(20-16-26)33(28-12-6-3-7-13-28)31-14-8-11-25(23-31)24-9-4-2-5-10-24/h2*3-24H,1-2H3;2-23H,1H3. The molecule has 0 saturated carbocycles. The van der Waals surface area contributed by atoms with E-state index in [4.69, 9.17) is 9.47 Å². The molecule has 15 aromatic carbocycles. The van der Waals surface area contributed by atoms with Gasteiger partial charge in [-0.05, 0) is 228 Å². The molecule has 0 N–H and O–H groups in total. The lowest BCUT2D eigenvalue weighted by Gasteiger charge is -2.27.